The molecule has 2 aromatic rings. The molecule has 0 bridgehead atoms. The van der Waals surface area contributed by atoms with Crippen molar-refractivity contribution in [1.82, 2.24) is 4.90 Å². The summed E-state index contributed by atoms with van der Waals surface area (Å²) in [5, 5.41) is 2.80. The molecule has 1 aliphatic carbocycles. The number of ether oxygens (including phenoxy) is 1. The number of hydrogen-bond donors (Lipinski definition) is 1. The predicted molar refractivity (Wildman–Crippen MR) is 108 cm³/mol. The van der Waals surface area contributed by atoms with Gasteiger partial charge in [-0.15, -0.1) is 0 Å². The summed E-state index contributed by atoms with van der Waals surface area (Å²) >= 11 is 0. The Morgan fingerprint density at radius 2 is 1.55 bits per heavy atom. The van der Waals surface area contributed by atoms with Gasteiger partial charge in [0.05, 0.1) is 17.5 Å². The average molecular weight is 390 g/mol. The van der Waals surface area contributed by atoms with Gasteiger partial charge < -0.3 is 10.1 Å². The van der Waals surface area contributed by atoms with Crippen molar-refractivity contribution < 1.29 is 19.1 Å². The van der Waals surface area contributed by atoms with Gasteiger partial charge >= 0.3 is 0 Å². The van der Waals surface area contributed by atoms with Gasteiger partial charge in [0, 0.05) is 0 Å². The van der Waals surface area contributed by atoms with E-state index in [2.05, 4.69) is 5.32 Å². The lowest BCUT2D eigenvalue weighted by molar-refractivity contribution is -0.146. The Kier molecular flexibility index (Phi) is 5.16. The SMILES string of the molecule is CC(C(=O)Nc1ccccc1Oc1ccccc1)N1C(=O)C2CC=CCC2C1=O. The van der Waals surface area contributed by atoms with Crippen LogP contribution in [0.1, 0.15) is 19.8 Å². The molecule has 1 fully saturated rings. The molecule has 0 aromatic heterocycles. The highest BCUT2D eigenvalue weighted by Crippen LogP contribution is 2.36. The Hall–Kier alpha value is -3.41. The van der Waals surface area contributed by atoms with Crippen LogP contribution in [-0.4, -0.2) is 28.7 Å². The Morgan fingerprint density at radius 3 is 2.21 bits per heavy atom. The van der Waals surface area contributed by atoms with Gasteiger partial charge in [-0.2, -0.15) is 0 Å². The Bertz CT molecular complexity index is 944. The Labute approximate surface area is 169 Å². The van der Waals surface area contributed by atoms with E-state index < -0.39 is 11.9 Å². The molecule has 0 saturated carbocycles. The van der Waals surface area contributed by atoms with Crippen LogP contribution in [0.5, 0.6) is 11.5 Å². The minimum absolute atomic E-state index is 0.263. The van der Waals surface area contributed by atoms with E-state index in [1.165, 1.54) is 0 Å². The maximum absolute atomic E-state index is 12.9. The third kappa shape index (κ3) is 3.66. The minimum atomic E-state index is -0.898. The molecule has 1 heterocycles. The first kappa shape index (κ1) is 18.9. The monoisotopic (exact) mass is 390 g/mol. The number of carbonyl (C=O) groups excluding carboxylic acids is 3. The highest BCUT2D eigenvalue weighted by molar-refractivity contribution is 6.10. The first-order valence-electron chi connectivity index (χ1n) is 9.71. The Morgan fingerprint density at radius 1 is 0.966 bits per heavy atom. The molecule has 3 unspecified atom stereocenters. The average Bonchev–Trinajstić information content (AvgIpc) is 3.00. The number of amides is 3. The number of nitrogens with one attached hydrogen (secondary N) is 1. The number of likely N-dealkylation sites (tertiary alicyclic amines) is 1. The van der Waals surface area contributed by atoms with E-state index in [0.717, 1.165) is 4.90 Å². The smallest absolute Gasteiger partial charge is 0.247 e. The van der Waals surface area contributed by atoms with Gasteiger partial charge in [-0.3, -0.25) is 19.3 Å². The van der Waals surface area contributed by atoms with Gasteiger partial charge in [-0.25, -0.2) is 0 Å². The van der Waals surface area contributed by atoms with Gasteiger partial charge in [0.1, 0.15) is 11.8 Å². The topological polar surface area (TPSA) is 75.7 Å². The van der Waals surface area contributed by atoms with Crippen molar-refractivity contribution in [3.8, 4) is 11.5 Å². The van der Waals surface area contributed by atoms with E-state index in [0.29, 0.717) is 30.0 Å². The van der Waals surface area contributed by atoms with E-state index in [1.54, 1.807) is 25.1 Å². The second-order valence-electron chi connectivity index (χ2n) is 7.28. The van der Waals surface area contributed by atoms with Gasteiger partial charge in [0.25, 0.3) is 0 Å². The Balaban J connectivity index is 1.50. The molecule has 29 heavy (non-hydrogen) atoms. The van der Waals surface area contributed by atoms with Crippen molar-refractivity contribution in [3.63, 3.8) is 0 Å². The molecule has 1 N–H and O–H groups in total. The molecular weight excluding hydrogens is 368 g/mol. The first-order chi connectivity index (χ1) is 14.1. The number of allylic oxidation sites excluding steroid dienone is 2. The summed E-state index contributed by atoms with van der Waals surface area (Å²) in [7, 11) is 0. The molecule has 3 amide bonds. The molecule has 2 aromatic carbocycles. The summed E-state index contributed by atoms with van der Waals surface area (Å²) in [6.45, 7) is 1.58. The van der Waals surface area contributed by atoms with Crippen molar-refractivity contribution in [2.45, 2.75) is 25.8 Å². The molecule has 6 heteroatoms. The van der Waals surface area contributed by atoms with Crippen molar-refractivity contribution in [3.05, 3.63) is 66.7 Å². The molecule has 0 spiro atoms. The molecule has 6 nitrogen and oxygen atoms in total. The molecule has 3 atom stereocenters. The van der Waals surface area contributed by atoms with Crippen LogP contribution in [0.2, 0.25) is 0 Å². The van der Waals surface area contributed by atoms with Gasteiger partial charge in [0.2, 0.25) is 17.7 Å². The maximum atomic E-state index is 12.9. The van der Waals surface area contributed by atoms with E-state index in [-0.39, 0.29) is 23.7 Å². The summed E-state index contributed by atoms with van der Waals surface area (Å²) in [4.78, 5) is 39.4. The van der Waals surface area contributed by atoms with E-state index >= 15 is 0 Å². The second-order valence-corrected chi connectivity index (χ2v) is 7.28. The molecule has 4 rings (SSSR count). The summed E-state index contributed by atoms with van der Waals surface area (Å²) in [5.41, 5.74) is 0.478. The molecule has 1 saturated heterocycles. The number of fused-ring (bicyclic) bond motifs is 1. The fourth-order valence-corrected chi connectivity index (χ4v) is 3.84. The molecule has 148 valence electrons. The lowest BCUT2D eigenvalue weighted by Gasteiger charge is -2.23. The van der Waals surface area contributed by atoms with Gasteiger partial charge in [0.15, 0.2) is 5.75 Å². The van der Waals surface area contributed by atoms with Crippen molar-refractivity contribution in [2.75, 3.05) is 5.32 Å². The summed E-state index contributed by atoms with van der Waals surface area (Å²) in [6.07, 6.45) is 4.96. The zero-order chi connectivity index (χ0) is 20.4. The zero-order valence-corrected chi connectivity index (χ0v) is 16.1. The third-order valence-corrected chi connectivity index (χ3v) is 5.42. The number of para-hydroxylation sites is 3. The standard InChI is InChI=1S/C23H22N2O4/c1-15(25-22(27)17-11-5-6-12-18(17)23(25)28)21(26)24-19-13-7-8-14-20(19)29-16-9-3-2-4-10-16/h2-10,13-15,17-18H,11-12H2,1H3,(H,24,26). The molecule has 0 radical (unpaired) electrons. The number of imide groups is 1. The number of nitrogens with zero attached hydrogens (tertiary/aromatic N) is 1. The van der Waals surface area contributed by atoms with Crippen LogP contribution < -0.4 is 10.1 Å². The number of hydrogen-bond acceptors (Lipinski definition) is 4. The molecule has 1 aliphatic heterocycles. The van der Waals surface area contributed by atoms with Crippen LogP contribution in [0, 0.1) is 11.8 Å². The summed E-state index contributed by atoms with van der Waals surface area (Å²) in [5.74, 6) is -0.531. The van der Waals surface area contributed by atoms with Crippen molar-refractivity contribution in [1.29, 1.82) is 0 Å². The van der Waals surface area contributed by atoms with Crippen molar-refractivity contribution >= 4 is 23.4 Å². The summed E-state index contributed by atoms with van der Waals surface area (Å²) < 4.78 is 5.86. The number of carbonyl (C=O) groups is 3. The fourth-order valence-electron chi connectivity index (χ4n) is 3.84. The molecule has 2 aliphatic rings. The minimum Gasteiger partial charge on any atom is -0.455 e. The lowest BCUT2D eigenvalue weighted by atomic mass is 9.85. The van der Waals surface area contributed by atoms with Crippen molar-refractivity contribution in [2.24, 2.45) is 11.8 Å². The van der Waals surface area contributed by atoms with Gasteiger partial charge in [-0.05, 0) is 44.0 Å². The number of anilines is 1. The predicted octanol–water partition coefficient (Wildman–Crippen LogP) is 3.76. The highest BCUT2D eigenvalue weighted by atomic mass is 16.5. The van der Waals surface area contributed by atoms with Crippen LogP contribution >= 0.6 is 0 Å². The third-order valence-electron chi connectivity index (χ3n) is 5.42. The van der Waals surface area contributed by atoms with Crippen LogP contribution in [-0.2, 0) is 14.4 Å². The fraction of sp³-hybridized carbons (Fsp3) is 0.261. The maximum Gasteiger partial charge on any atom is 0.247 e. The first-order valence-corrected chi connectivity index (χ1v) is 9.71. The zero-order valence-electron chi connectivity index (χ0n) is 16.1. The highest BCUT2D eigenvalue weighted by Gasteiger charge is 2.50. The van der Waals surface area contributed by atoms with Crippen LogP contribution in [0.4, 0.5) is 5.69 Å². The van der Waals surface area contributed by atoms with Gasteiger partial charge in [-0.1, -0.05) is 42.5 Å². The number of rotatable bonds is 5. The summed E-state index contributed by atoms with van der Waals surface area (Å²) in [6, 6.07) is 15.4. The molecular formula is C23H22N2O4. The van der Waals surface area contributed by atoms with E-state index in [4.69, 9.17) is 4.74 Å². The van der Waals surface area contributed by atoms with Crippen LogP contribution in [0.25, 0.3) is 0 Å². The number of benzene rings is 2. The van der Waals surface area contributed by atoms with E-state index in [1.807, 2.05) is 48.6 Å². The van der Waals surface area contributed by atoms with Crippen LogP contribution in [0.3, 0.4) is 0 Å². The van der Waals surface area contributed by atoms with Crippen LogP contribution in [0.15, 0.2) is 66.7 Å². The quantitative estimate of drug-likeness (QED) is 0.623. The lowest BCUT2D eigenvalue weighted by Crippen LogP contribution is -2.46. The normalized spacial score (nSPS) is 21.6. The second kappa shape index (κ2) is 7.91. The van der Waals surface area contributed by atoms with E-state index in [9.17, 15) is 14.4 Å². The largest absolute Gasteiger partial charge is 0.455 e.